The molecule has 2 saturated heterocycles. The summed E-state index contributed by atoms with van der Waals surface area (Å²) in [5, 5.41) is 3.04. The summed E-state index contributed by atoms with van der Waals surface area (Å²) in [4.78, 5) is 25.7. The zero-order valence-corrected chi connectivity index (χ0v) is 16.9. The van der Waals surface area contributed by atoms with Crippen molar-refractivity contribution in [1.82, 2.24) is 10.2 Å². The molecular weight excluding hydrogens is 387 g/mol. The number of hydrogen-bond donors (Lipinski definition) is 1. The second-order valence-corrected chi connectivity index (χ2v) is 8.07. The van der Waals surface area contributed by atoms with E-state index in [9.17, 15) is 14.0 Å². The van der Waals surface area contributed by atoms with Crippen LogP contribution in [0.4, 0.5) is 9.18 Å². The third kappa shape index (κ3) is 5.07. The van der Waals surface area contributed by atoms with E-state index in [1.54, 1.807) is 12.1 Å². The molecule has 0 aromatic heterocycles. The Morgan fingerprint density at radius 2 is 2.11 bits per heavy atom. The molecule has 2 aliphatic heterocycles. The summed E-state index contributed by atoms with van der Waals surface area (Å²) in [6.45, 7) is 5.43. The van der Waals surface area contributed by atoms with Gasteiger partial charge in [-0.05, 0) is 50.3 Å². The van der Waals surface area contributed by atoms with Crippen molar-refractivity contribution in [3.63, 3.8) is 0 Å². The average Bonchev–Trinajstić information content (AvgIpc) is 3.08. The van der Waals surface area contributed by atoms with Crippen molar-refractivity contribution in [2.45, 2.75) is 45.3 Å². The maximum atomic E-state index is 13.9. The Morgan fingerprint density at radius 3 is 2.71 bits per heavy atom. The summed E-state index contributed by atoms with van der Waals surface area (Å²) >= 11 is 5.77. The molecule has 0 spiro atoms. The van der Waals surface area contributed by atoms with Crippen molar-refractivity contribution in [3.8, 4) is 5.75 Å². The summed E-state index contributed by atoms with van der Waals surface area (Å²) in [5.74, 6) is -0.108. The smallest absolute Gasteiger partial charge is 0.407 e. The van der Waals surface area contributed by atoms with Crippen LogP contribution in [-0.2, 0) is 9.53 Å². The van der Waals surface area contributed by atoms with Gasteiger partial charge in [0.2, 0.25) is 5.91 Å². The van der Waals surface area contributed by atoms with Crippen LogP contribution in [0.15, 0.2) is 18.2 Å². The van der Waals surface area contributed by atoms with Gasteiger partial charge in [0.15, 0.2) is 11.6 Å². The number of carbonyl (C=O) groups is 2. The summed E-state index contributed by atoms with van der Waals surface area (Å²) in [6, 6.07) is 4.28. The lowest BCUT2D eigenvalue weighted by Gasteiger charge is -2.36. The van der Waals surface area contributed by atoms with Crippen LogP contribution in [0.3, 0.4) is 0 Å². The minimum absolute atomic E-state index is 0.0944. The molecule has 1 aromatic rings. The maximum Gasteiger partial charge on any atom is 0.407 e. The Bertz CT molecular complexity index is 724. The topological polar surface area (TPSA) is 67.9 Å². The Labute approximate surface area is 169 Å². The highest BCUT2D eigenvalue weighted by atomic mass is 35.5. The first-order valence-electron chi connectivity index (χ1n) is 9.67. The normalized spacial score (nSPS) is 22.4. The van der Waals surface area contributed by atoms with Crippen LogP contribution in [0.5, 0.6) is 5.75 Å². The van der Waals surface area contributed by atoms with Gasteiger partial charge in [-0.1, -0.05) is 18.5 Å². The number of piperidine rings is 1. The van der Waals surface area contributed by atoms with Crippen LogP contribution in [-0.4, -0.2) is 48.7 Å². The van der Waals surface area contributed by atoms with E-state index < -0.39 is 11.9 Å². The van der Waals surface area contributed by atoms with Crippen LogP contribution >= 0.6 is 11.6 Å². The third-order valence-corrected chi connectivity index (χ3v) is 5.75. The van der Waals surface area contributed by atoms with E-state index in [-0.39, 0.29) is 35.6 Å². The Kier molecular flexibility index (Phi) is 6.65. The van der Waals surface area contributed by atoms with Crippen molar-refractivity contribution in [2.75, 3.05) is 19.7 Å². The van der Waals surface area contributed by atoms with E-state index in [4.69, 9.17) is 21.1 Å². The molecule has 28 heavy (non-hydrogen) atoms. The standard InChI is InChI=1S/C20H26ClFN2O4/c1-12(9-16-11-27-20(26)23-16)19(25)24-7-5-14(6-8-24)13(2)28-18-4-3-15(21)10-17(18)22/h3-4,10,12-14,16H,5-9,11H2,1-2H3,(H,23,26)/t12-,13?,16?/m0/s1. The van der Waals surface area contributed by atoms with Crippen molar-refractivity contribution in [1.29, 1.82) is 0 Å². The lowest BCUT2D eigenvalue weighted by molar-refractivity contribution is -0.137. The molecule has 8 heteroatoms. The van der Waals surface area contributed by atoms with E-state index in [1.165, 1.54) is 6.07 Å². The highest BCUT2D eigenvalue weighted by Gasteiger charge is 2.32. The van der Waals surface area contributed by atoms with E-state index in [0.29, 0.717) is 31.1 Å². The summed E-state index contributed by atoms with van der Waals surface area (Å²) in [7, 11) is 0. The fraction of sp³-hybridized carbons (Fsp3) is 0.600. The highest BCUT2D eigenvalue weighted by Crippen LogP contribution is 2.28. The van der Waals surface area contributed by atoms with E-state index in [2.05, 4.69) is 5.32 Å². The summed E-state index contributed by atoms with van der Waals surface area (Å²) < 4.78 is 24.6. The molecule has 154 valence electrons. The van der Waals surface area contributed by atoms with Gasteiger partial charge in [-0.15, -0.1) is 0 Å². The monoisotopic (exact) mass is 412 g/mol. The van der Waals surface area contributed by atoms with Crippen LogP contribution in [0.1, 0.15) is 33.1 Å². The number of rotatable bonds is 6. The number of cyclic esters (lactones) is 1. The van der Waals surface area contributed by atoms with Gasteiger partial charge >= 0.3 is 6.09 Å². The number of ether oxygens (including phenoxy) is 2. The third-order valence-electron chi connectivity index (χ3n) is 5.52. The molecule has 2 heterocycles. The molecule has 2 fully saturated rings. The average molecular weight is 413 g/mol. The number of alkyl carbamates (subject to hydrolysis) is 1. The van der Waals surface area contributed by atoms with Gasteiger partial charge in [0.05, 0.1) is 12.1 Å². The molecule has 3 rings (SSSR count). The zero-order chi connectivity index (χ0) is 20.3. The maximum absolute atomic E-state index is 13.9. The van der Waals surface area contributed by atoms with Crippen molar-refractivity contribution in [2.24, 2.45) is 11.8 Å². The molecule has 2 unspecified atom stereocenters. The number of amides is 2. The molecule has 6 nitrogen and oxygen atoms in total. The number of carbonyl (C=O) groups excluding carboxylic acids is 2. The van der Waals surface area contributed by atoms with Gasteiger partial charge < -0.3 is 19.7 Å². The predicted octanol–water partition coefficient (Wildman–Crippen LogP) is 3.62. The highest BCUT2D eigenvalue weighted by molar-refractivity contribution is 6.30. The van der Waals surface area contributed by atoms with Crippen molar-refractivity contribution in [3.05, 3.63) is 29.0 Å². The van der Waals surface area contributed by atoms with Gasteiger partial charge in [-0.25, -0.2) is 9.18 Å². The molecule has 0 aliphatic carbocycles. The molecule has 0 bridgehead atoms. The molecule has 2 aliphatic rings. The molecule has 2 amide bonds. The van der Waals surface area contributed by atoms with E-state index >= 15 is 0 Å². The summed E-state index contributed by atoms with van der Waals surface area (Å²) in [5.41, 5.74) is 0. The minimum Gasteiger partial charge on any atom is -0.487 e. The number of likely N-dealkylation sites (tertiary alicyclic amines) is 1. The van der Waals surface area contributed by atoms with Crippen molar-refractivity contribution < 1.29 is 23.5 Å². The Hall–Kier alpha value is -2.02. The van der Waals surface area contributed by atoms with Gasteiger partial charge in [-0.3, -0.25) is 4.79 Å². The predicted molar refractivity (Wildman–Crippen MR) is 103 cm³/mol. The van der Waals surface area contributed by atoms with Crippen LogP contribution in [0.2, 0.25) is 5.02 Å². The van der Waals surface area contributed by atoms with Crippen LogP contribution in [0.25, 0.3) is 0 Å². The fourth-order valence-corrected chi connectivity index (χ4v) is 4.01. The molecule has 1 N–H and O–H groups in total. The van der Waals surface area contributed by atoms with E-state index in [1.807, 2.05) is 18.7 Å². The van der Waals surface area contributed by atoms with Gasteiger partial charge in [0, 0.05) is 24.0 Å². The lowest BCUT2D eigenvalue weighted by atomic mass is 9.90. The number of halogens is 2. The number of hydrogen-bond acceptors (Lipinski definition) is 4. The molecule has 0 radical (unpaired) electrons. The molecule has 3 atom stereocenters. The first-order chi connectivity index (χ1) is 13.3. The Morgan fingerprint density at radius 1 is 1.39 bits per heavy atom. The molecule has 0 saturated carbocycles. The summed E-state index contributed by atoms with van der Waals surface area (Å²) in [6.07, 6.45) is 1.60. The Balaban J connectivity index is 1.46. The SMILES string of the molecule is CC(Oc1ccc(Cl)cc1F)C1CCN(C(=O)[C@@H](C)CC2COC(=O)N2)CC1. The van der Waals surface area contributed by atoms with Gasteiger partial charge in [0.1, 0.15) is 6.61 Å². The fourth-order valence-electron chi connectivity index (χ4n) is 3.85. The van der Waals surface area contributed by atoms with Crippen LogP contribution < -0.4 is 10.1 Å². The molecular formula is C20H26ClFN2O4. The zero-order valence-electron chi connectivity index (χ0n) is 16.1. The second-order valence-electron chi connectivity index (χ2n) is 7.64. The number of benzene rings is 1. The first-order valence-corrected chi connectivity index (χ1v) is 10.0. The minimum atomic E-state index is -0.469. The van der Waals surface area contributed by atoms with Crippen molar-refractivity contribution >= 4 is 23.6 Å². The number of nitrogens with zero attached hydrogens (tertiary/aromatic N) is 1. The first kappa shape index (κ1) is 20.7. The van der Waals surface area contributed by atoms with Gasteiger partial charge in [-0.2, -0.15) is 0 Å². The quantitative estimate of drug-likeness (QED) is 0.774. The largest absolute Gasteiger partial charge is 0.487 e. The van der Waals surface area contributed by atoms with Gasteiger partial charge in [0.25, 0.3) is 0 Å². The van der Waals surface area contributed by atoms with E-state index in [0.717, 1.165) is 12.8 Å². The number of nitrogens with one attached hydrogen (secondary N) is 1. The lowest BCUT2D eigenvalue weighted by Crippen LogP contribution is -2.44. The van der Waals surface area contributed by atoms with Crippen LogP contribution in [0, 0.1) is 17.7 Å². The second kappa shape index (κ2) is 8.99. The molecule has 1 aromatic carbocycles.